The number of thiazole rings is 1. The standard InChI is InChI=1S/C28H25N3O5S2/c1-30(18-20-7-4-3-5-8-20)38(33,34)24-13-10-21(11-14-24)27(32)31(19-23-9-6-16-36-23)28-29-25-17-22(35-2)12-15-26(25)37-28/h3-17H,18-19H2,1-2H3. The summed E-state index contributed by atoms with van der Waals surface area (Å²) in [6, 6.07) is 24.4. The Bertz CT molecular complexity index is 1650. The fourth-order valence-corrected chi connectivity index (χ4v) is 6.06. The molecule has 0 bridgehead atoms. The van der Waals surface area contributed by atoms with Gasteiger partial charge in [-0.1, -0.05) is 41.7 Å². The molecule has 5 rings (SSSR count). The maximum atomic E-state index is 13.7. The van der Waals surface area contributed by atoms with Crippen LogP contribution in [0.4, 0.5) is 5.13 Å². The van der Waals surface area contributed by atoms with E-state index in [-0.39, 0.29) is 23.9 Å². The van der Waals surface area contributed by atoms with Crippen LogP contribution in [0.25, 0.3) is 10.2 Å². The van der Waals surface area contributed by atoms with Gasteiger partial charge < -0.3 is 9.15 Å². The summed E-state index contributed by atoms with van der Waals surface area (Å²) in [4.78, 5) is 20.0. The van der Waals surface area contributed by atoms with Gasteiger partial charge in [0.2, 0.25) is 10.0 Å². The highest BCUT2D eigenvalue weighted by molar-refractivity contribution is 7.89. The predicted molar refractivity (Wildman–Crippen MR) is 147 cm³/mol. The van der Waals surface area contributed by atoms with Gasteiger partial charge >= 0.3 is 0 Å². The number of nitrogens with zero attached hydrogens (tertiary/aromatic N) is 3. The monoisotopic (exact) mass is 547 g/mol. The smallest absolute Gasteiger partial charge is 0.260 e. The molecule has 3 aromatic carbocycles. The number of hydrogen-bond donors (Lipinski definition) is 0. The van der Waals surface area contributed by atoms with Crippen LogP contribution in [-0.2, 0) is 23.1 Å². The van der Waals surface area contributed by atoms with Crippen LogP contribution >= 0.6 is 11.3 Å². The van der Waals surface area contributed by atoms with Crippen molar-refractivity contribution in [2.45, 2.75) is 18.0 Å². The molecule has 8 nitrogen and oxygen atoms in total. The number of amides is 1. The first-order valence-corrected chi connectivity index (χ1v) is 14.0. The van der Waals surface area contributed by atoms with Crippen molar-refractivity contribution in [1.82, 2.24) is 9.29 Å². The van der Waals surface area contributed by atoms with Crippen molar-refractivity contribution < 1.29 is 22.4 Å². The topological polar surface area (TPSA) is 92.9 Å². The molecule has 10 heteroatoms. The summed E-state index contributed by atoms with van der Waals surface area (Å²) in [5.74, 6) is 0.943. The zero-order valence-corrected chi connectivity index (χ0v) is 22.4. The third kappa shape index (κ3) is 5.33. The van der Waals surface area contributed by atoms with Gasteiger partial charge in [-0.15, -0.1) is 0 Å². The molecule has 0 saturated carbocycles. The molecule has 0 aliphatic heterocycles. The average molecular weight is 548 g/mol. The summed E-state index contributed by atoms with van der Waals surface area (Å²) in [5.41, 5.74) is 1.93. The molecule has 0 aliphatic carbocycles. The quantitative estimate of drug-likeness (QED) is 0.240. The first kappa shape index (κ1) is 25.7. The van der Waals surface area contributed by atoms with Crippen LogP contribution in [0, 0.1) is 0 Å². The molecule has 5 aromatic rings. The van der Waals surface area contributed by atoms with Crippen molar-refractivity contribution in [3.63, 3.8) is 0 Å². The van der Waals surface area contributed by atoms with Gasteiger partial charge in [-0.2, -0.15) is 4.31 Å². The highest BCUT2D eigenvalue weighted by Gasteiger charge is 2.25. The molecule has 0 unspecified atom stereocenters. The summed E-state index contributed by atoms with van der Waals surface area (Å²) in [5, 5.41) is 0.494. The van der Waals surface area contributed by atoms with E-state index in [9.17, 15) is 13.2 Å². The Labute approximate surface area is 224 Å². The van der Waals surface area contributed by atoms with Crippen LogP contribution in [0.2, 0.25) is 0 Å². The van der Waals surface area contributed by atoms with Gasteiger partial charge in [0.15, 0.2) is 5.13 Å². The van der Waals surface area contributed by atoms with Crippen molar-refractivity contribution in [3.8, 4) is 5.75 Å². The van der Waals surface area contributed by atoms with Gasteiger partial charge in [0.25, 0.3) is 5.91 Å². The largest absolute Gasteiger partial charge is 0.497 e. The predicted octanol–water partition coefficient (Wildman–Crippen LogP) is 5.57. The fraction of sp³-hybridized carbons (Fsp3) is 0.143. The maximum absolute atomic E-state index is 13.7. The number of ether oxygens (including phenoxy) is 1. The maximum Gasteiger partial charge on any atom is 0.260 e. The molecule has 0 radical (unpaired) electrons. The van der Waals surface area contributed by atoms with E-state index in [1.54, 1.807) is 25.5 Å². The molecule has 1 amide bonds. The lowest BCUT2D eigenvalue weighted by Gasteiger charge is -2.20. The summed E-state index contributed by atoms with van der Waals surface area (Å²) in [7, 11) is -0.622. The Balaban J connectivity index is 1.42. The van der Waals surface area contributed by atoms with Gasteiger partial charge in [-0.3, -0.25) is 9.69 Å². The van der Waals surface area contributed by atoms with Gasteiger partial charge in [-0.05, 0) is 54.1 Å². The number of carbonyl (C=O) groups is 1. The molecule has 0 saturated heterocycles. The lowest BCUT2D eigenvalue weighted by molar-refractivity contribution is 0.0983. The third-order valence-corrected chi connectivity index (χ3v) is 8.89. The van der Waals surface area contributed by atoms with E-state index in [0.717, 1.165) is 10.3 Å². The number of hydrogen-bond acceptors (Lipinski definition) is 7. The Morgan fingerprint density at radius 3 is 2.42 bits per heavy atom. The van der Waals surface area contributed by atoms with E-state index in [2.05, 4.69) is 4.98 Å². The zero-order valence-electron chi connectivity index (χ0n) is 20.8. The molecule has 2 heterocycles. The molecular formula is C28H25N3O5S2. The molecule has 0 fully saturated rings. The van der Waals surface area contributed by atoms with E-state index in [4.69, 9.17) is 9.15 Å². The normalized spacial score (nSPS) is 11.7. The van der Waals surface area contributed by atoms with Crippen molar-refractivity contribution in [2.24, 2.45) is 0 Å². The fourth-order valence-electron chi connectivity index (χ4n) is 3.95. The second-order valence-electron chi connectivity index (χ2n) is 8.57. The van der Waals surface area contributed by atoms with E-state index < -0.39 is 10.0 Å². The van der Waals surface area contributed by atoms with Crippen LogP contribution in [0.15, 0.2) is 101 Å². The van der Waals surface area contributed by atoms with Gasteiger partial charge in [0, 0.05) is 25.2 Å². The van der Waals surface area contributed by atoms with Crippen molar-refractivity contribution >= 4 is 42.6 Å². The molecular weight excluding hydrogens is 522 g/mol. The number of rotatable bonds is 9. The van der Waals surface area contributed by atoms with Crippen LogP contribution in [-0.4, -0.2) is 37.8 Å². The Morgan fingerprint density at radius 1 is 0.974 bits per heavy atom. The Morgan fingerprint density at radius 2 is 1.74 bits per heavy atom. The van der Waals surface area contributed by atoms with Gasteiger partial charge in [0.1, 0.15) is 11.5 Å². The number of methoxy groups -OCH3 is 1. The number of benzene rings is 3. The van der Waals surface area contributed by atoms with Crippen LogP contribution < -0.4 is 9.64 Å². The number of carbonyl (C=O) groups excluding carboxylic acids is 1. The molecule has 0 spiro atoms. The summed E-state index contributed by atoms with van der Waals surface area (Å²) < 4.78 is 39.3. The van der Waals surface area contributed by atoms with E-state index >= 15 is 0 Å². The van der Waals surface area contributed by atoms with Crippen molar-refractivity contribution in [3.05, 3.63) is 108 Å². The average Bonchev–Trinajstić information content (AvgIpc) is 3.61. The third-order valence-electron chi connectivity index (χ3n) is 6.01. The highest BCUT2D eigenvalue weighted by atomic mass is 32.2. The molecule has 0 atom stereocenters. The molecule has 194 valence electrons. The second-order valence-corrected chi connectivity index (χ2v) is 11.6. The van der Waals surface area contributed by atoms with Crippen molar-refractivity contribution in [2.75, 3.05) is 19.1 Å². The number of furan rings is 1. The highest BCUT2D eigenvalue weighted by Crippen LogP contribution is 2.33. The first-order valence-electron chi connectivity index (χ1n) is 11.7. The minimum Gasteiger partial charge on any atom is -0.497 e. The minimum absolute atomic E-state index is 0.108. The zero-order chi connectivity index (χ0) is 26.7. The van der Waals surface area contributed by atoms with E-state index in [0.29, 0.717) is 27.7 Å². The van der Waals surface area contributed by atoms with E-state index in [1.807, 2.05) is 48.5 Å². The van der Waals surface area contributed by atoms with Crippen LogP contribution in [0.5, 0.6) is 5.75 Å². The summed E-state index contributed by atoms with van der Waals surface area (Å²) in [6.07, 6.45) is 1.55. The lowest BCUT2D eigenvalue weighted by atomic mass is 10.2. The van der Waals surface area contributed by atoms with Crippen molar-refractivity contribution in [1.29, 1.82) is 0 Å². The lowest BCUT2D eigenvalue weighted by Crippen LogP contribution is -2.30. The molecule has 0 aliphatic rings. The summed E-state index contributed by atoms with van der Waals surface area (Å²) >= 11 is 1.38. The number of anilines is 1. The first-order chi connectivity index (χ1) is 18.3. The summed E-state index contributed by atoms with van der Waals surface area (Å²) in [6.45, 7) is 0.409. The number of aromatic nitrogens is 1. The molecule has 2 aromatic heterocycles. The SMILES string of the molecule is COc1ccc2sc(N(Cc3ccco3)C(=O)c3ccc(S(=O)(=O)N(C)Cc4ccccc4)cc3)nc2c1. The van der Waals surface area contributed by atoms with Gasteiger partial charge in [0.05, 0.1) is 35.0 Å². The Kier molecular flexibility index (Phi) is 7.28. The molecule has 0 N–H and O–H groups in total. The van der Waals surface area contributed by atoms with E-state index in [1.165, 1.54) is 51.9 Å². The second kappa shape index (κ2) is 10.8. The number of sulfonamides is 1. The minimum atomic E-state index is -3.75. The number of fused-ring (bicyclic) bond motifs is 1. The van der Waals surface area contributed by atoms with Gasteiger partial charge in [-0.25, -0.2) is 13.4 Å². The Hall–Kier alpha value is -3.99. The van der Waals surface area contributed by atoms with Crippen LogP contribution in [0.3, 0.4) is 0 Å². The molecule has 38 heavy (non-hydrogen) atoms. The van der Waals surface area contributed by atoms with Crippen LogP contribution in [0.1, 0.15) is 21.7 Å².